The van der Waals surface area contributed by atoms with E-state index in [1.165, 1.54) is 0 Å². The number of aryl methyl sites for hydroxylation is 3. The van der Waals surface area contributed by atoms with Crippen molar-refractivity contribution in [2.24, 2.45) is 7.05 Å². The Bertz CT molecular complexity index is 585. The zero-order chi connectivity index (χ0) is 14.7. The summed E-state index contributed by atoms with van der Waals surface area (Å²) in [7, 11) is 1.94. The van der Waals surface area contributed by atoms with Gasteiger partial charge in [0.15, 0.2) is 5.15 Å². The summed E-state index contributed by atoms with van der Waals surface area (Å²) in [5.74, 6) is 0.966. The fourth-order valence-corrected chi connectivity index (χ4v) is 2.44. The van der Waals surface area contributed by atoms with Crippen molar-refractivity contribution in [3.05, 3.63) is 28.1 Å². The molecule has 0 amide bonds. The van der Waals surface area contributed by atoms with E-state index >= 15 is 0 Å². The van der Waals surface area contributed by atoms with Crippen molar-refractivity contribution in [1.29, 1.82) is 0 Å². The maximum Gasteiger partial charge on any atom is 0.152 e. The van der Waals surface area contributed by atoms with E-state index in [9.17, 15) is 0 Å². The third-order valence-electron chi connectivity index (χ3n) is 3.50. The molecule has 0 aliphatic rings. The molecule has 2 heterocycles. The maximum atomic E-state index is 6.17. The van der Waals surface area contributed by atoms with Gasteiger partial charge in [-0.25, -0.2) is 4.98 Å². The minimum Gasteiger partial charge on any atom is -0.376 e. The van der Waals surface area contributed by atoms with E-state index in [1.807, 2.05) is 25.6 Å². The van der Waals surface area contributed by atoms with Crippen LogP contribution in [0.25, 0.3) is 0 Å². The summed E-state index contributed by atoms with van der Waals surface area (Å²) in [5, 5.41) is 8.33. The van der Waals surface area contributed by atoms with E-state index in [2.05, 4.69) is 27.3 Å². The van der Waals surface area contributed by atoms with Crippen LogP contribution in [0.1, 0.15) is 42.7 Å². The summed E-state index contributed by atoms with van der Waals surface area (Å²) in [6.07, 6.45) is 3.22. The number of nitrogens with zero attached hydrogens (tertiary/aromatic N) is 3. The molecular formula is C14H22ClN5. The number of nitrogens with one attached hydrogen (secondary N) is 2. The van der Waals surface area contributed by atoms with Crippen molar-refractivity contribution in [2.75, 3.05) is 5.32 Å². The molecule has 0 bridgehead atoms. The molecule has 5 nitrogen and oxygen atoms in total. The van der Waals surface area contributed by atoms with Crippen LogP contribution in [-0.4, -0.2) is 19.7 Å². The van der Waals surface area contributed by atoms with Crippen molar-refractivity contribution >= 4 is 17.3 Å². The molecule has 0 aromatic carbocycles. The zero-order valence-electron chi connectivity index (χ0n) is 12.5. The van der Waals surface area contributed by atoms with E-state index in [4.69, 9.17) is 11.6 Å². The number of rotatable bonds is 6. The average Bonchev–Trinajstić information content (AvgIpc) is 2.87. The number of anilines is 1. The molecule has 2 aromatic heterocycles. The van der Waals surface area contributed by atoms with Gasteiger partial charge in [0.2, 0.25) is 0 Å². The summed E-state index contributed by atoms with van der Waals surface area (Å²) in [6.45, 7) is 6.84. The molecule has 0 saturated carbocycles. The normalized spacial score (nSPS) is 11.1. The highest BCUT2D eigenvalue weighted by Crippen LogP contribution is 2.21. The number of hydrogen-bond acceptors (Lipinski definition) is 3. The Balaban J connectivity index is 2.05. The Kier molecular flexibility index (Phi) is 4.70. The molecule has 0 fully saturated rings. The molecule has 0 radical (unpaired) electrons. The molecular weight excluding hydrogens is 274 g/mol. The minimum absolute atomic E-state index is 0.558. The molecule has 2 rings (SSSR count). The van der Waals surface area contributed by atoms with Gasteiger partial charge in [-0.05, 0) is 20.3 Å². The Labute approximate surface area is 124 Å². The first-order valence-corrected chi connectivity index (χ1v) is 7.38. The average molecular weight is 296 g/mol. The quantitative estimate of drug-likeness (QED) is 0.859. The Morgan fingerprint density at radius 1 is 1.35 bits per heavy atom. The van der Waals surface area contributed by atoms with Gasteiger partial charge < -0.3 is 10.3 Å². The van der Waals surface area contributed by atoms with Crippen molar-refractivity contribution in [1.82, 2.24) is 19.7 Å². The van der Waals surface area contributed by atoms with Crippen LogP contribution in [0.3, 0.4) is 0 Å². The monoisotopic (exact) mass is 295 g/mol. The first-order chi connectivity index (χ1) is 9.52. The fourth-order valence-electron chi connectivity index (χ4n) is 2.23. The van der Waals surface area contributed by atoms with Gasteiger partial charge >= 0.3 is 0 Å². The molecule has 2 N–H and O–H groups in total. The number of aromatic nitrogens is 4. The summed E-state index contributed by atoms with van der Waals surface area (Å²) in [6, 6.07) is 0. The highest BCUT2D eigenvalue weighted by molar-refractivity contribution is 6.30. The maximum absolute atomic E-state index is 6.17. The molecule has 0 atom stereocenters. The van der Waals surface area contributed by atoms with Crippen LogP contribution in [0.5, 0.6) is 0 Å². The van der Waals surface area contributed by atoms with E-state index in [-0.39, 0.29) is 0 Å². The second-order valence-electron chi connectivity index (χ2n) is 5.08. The first kappa shape index (κ1) is 14.9. The lowest BCUT2D eigenvalue weighted by atomic mass is 10.2. The van der Waals surface area contributed by atoms with Gasteiger partial charge in [-0.2, -0.15) is 5.10 Å². The predicted molar refractivity (Wildman–Crippen MR) is 82.2 cm³/mol. The second-order valence-corrected chi connectivity index (χ2v) is 5.44. The lowest BCUT2D eigenvalue weighted by molar-refractivity contribution is 0.731. The highest BCUT2D eigenvalue weighted by atomic mass is 35.5. The van der Waals surface area contributed by atoms with Crippen LogP contribution in [0.2, 0.25) is 5.15 Å². The van der Waals surface area contributed by atoms with Crippen molar-refractivity contribution in [2.45, 2.75) is 46.6 Å². The van der Waals surface area contributed by atoms with Gasteiger partial charge in [-0.3, -0.25) is 4.68 Å². The van der Waals surface area contributed by atoms with Crippen LogP contribution in [0.4, 0.5) is 5.69 Å². The number of hydrogen-bond donors (Lipinski definition) is 2. The number of halogens is 1. The molecule has 0 unspecified atom stereocenters. The molecule has 20 heavy (non-hydrogen) atoms. The Morgan fingerprint density at radius 3 is 2.70 bits per heavy atom. The smallest absolute Gasteiger partial charge is 0.152 e. The highest BCUT2D eigenvalue weighted by Gasteiger charge is 2.12. The molecule has 0 spiro atoms. The van der Waals surface area contributed by atoms with Crippen LogP contribution in [0.15, 0.2) is 0 Å². The third kappa shape index (κ3) is 3.15. The Hall–Kier alpha value is -1.49. The van der Waals surface area contributed by atoms with Gasteiger partial charge in [-0.15, -0.1) is 0 Å². The van der Waals surface area contributed by atoms with Crippen molar-refractivity contribution < 1.29 is 0 Å². The van der Waals surface area contributed by atoms with Crippen LogP contribution in [-0.2, 0) is 20.0 Å². The Morgan fingerprint density at radius 2 is 2.10 bits per heavy atom. The SMILES string of the molecule is CCCCc1nc(Cl)c(CNc2c(C)nn(C)c2C)[nH]1. The van der Waals surface area contributed by atoms with Gasteiger partial charge in [-0.1, -0.05) is 24.9 Å². The van der Waals surface area contributed by atoms with E-state index < -0.39 is 0 Å². The lowest BCUT2D eigenvalue weighted by Crippen LogP contribution is -2.03. The van der Waals surface area contributed by atoms with Gasteiger partial charge in [0.05, 0.1) is 29.3 Å². The summed E-state index contributed by atoms with van der Waals surface area (Å²) in [5.41, 5.74) is 4.10. The fraction of sp³-hybridized carbons (Fsp3) is 0.571. The largest absolute Gasteiger partial charge is 0.376 e. The number of imidazole rings is 1. The van der Waals surface area contributed by atoms with Crippen LogP contribution >= 0.6 is 11.6 Å². The zero-order valence-corrected chi connectivity index (χ0v) is 13.3. The molecule has 110 valence electrons. The van der Waals surface area contributed by atoms with E-state index in [0.717, 1.165) is 47.9 Å². The number of unbranched alkanes of at least 4 members (excludes halogenated alkanes) is 1. The summed E-state index contributed by atoms with van der Waals surface area (Å²) < 4.78 is 1.87. The van der Waals surface area contributed by atoms with Crippen LogP contribution in [0, 0.1) is 13.8 Å². The van der Waals surface area contributed by atoms with Crippen molar-refractivity contribution in [3.63, 3.8) is 0 Å². The summed E-state index contributed by atoms with van der Waals surface area (Å²) >= 11 is 6.17. The number of H-pyrrole nitrogens is 1. The minimum atomic E-state index is 0.558. The molecule has 0 aliphatic carbocycles. The predicted octanol–water partition coefficient (Wildman–Crippen LogP) is 3.37. The molecule has 6 heteroatoms. The lowest BCUT2D eigenvalue weighted by Gasteiger charge is -2.05. The summed E-state index contributed by atoms with van der Waals surface area (Å²) in [4.78, 5) is 7.66. The second kappa shape index (κ2) is 6.31. The van der Waals surface area contributed by atoms with E-state index in [0.29, 0.717) is 11.7 Å². The standard InChI is InChI=1S/C14H22ClN5/c1-5-6-7-12-17-11(14(15)18-12)8-16-13-9(2)19-20(4)10(13)3/h16H,5-8H2,1-4H3,(H,17,18). The third-order valence-corrected chi connectivity index (χ3v) is 3.81. The first-order valence-electron chi connectivity index (χ1n) is 7.00. The molecule has 0 aliphatic heterocycles. The van der Waals surface area contributed by atoms with Gasteiger partial charge in [0.25, 0.3) is 0 Å². The van der Waals surface area contributed by atoms with Crippen molar-refractivity contribution in [3.8, 4) is 0 Å². The van der Waals surface area contributed by atoms with E-state index in [1.54, 1.807) is 0 Å². The number of aromatic amines is 1. The topological polar surface area (TPSA) is 58.5 Å². The van der Waals surface area contributed by atoms with Gasteiger partial charge in [0.1, 0.15) is 5.82 Å². The molecule has 2 aromatic rings. The molecule has 0 saturated heterocycles. The van der Waals surface area contributed by atoms with Gasteiger partial charge in [0, 0.05) is 13.5 Å². The van der Waals surface area contributed by atoms with Crippen LogP contribution < -0.4 is 5.32 Å².